The van der Waals surface area contributed by atoms with Crippen LogP contribution < -0.4 is 10.2 Å². The summed E-state index contributed by atoms with van der Waals surface area (Å²) in [5, 5.41) is 11.7. The molecule has 1 rings (SSSR count). The van der Waals surface area contributed by atoms with Gasteiger partial charge in [-0.05, 0) is 37.6 Å². The number of hydrogen-bond acceptors (Lipinski definition) is 2. The second kappa shape index (κ2) is 6.36. The molecule has 0 saturated carbocycles. The summed E-state index contributed by atoms with van der Waals surface area (Å²) in [5.74, 6) is -1.48. The number of aliphatic carboxylic acids is 1. The molecule has 0 saturated heterocycles. The zero-order valence-corrected chi connectivity index (χ0v) is 11.8. The zero-order valence-electron chi connectivity index (χ0n) is 11.8. The predicted octanol–water partition coefficient (Wildman–Crippen LogP) is 2.61. The van der Waals surface area contributed by atoms with Crippen LogP contribution in [0.2, 0.25) is 0 Å². The summed E-state index contributed by atoms with van der Waals surface area (Å²) in [7, 11) is 1.50. The van der Waals surface area contributed by atoms with Crippen LogP contribution in [0.15, 0.2) is 24.3 Å². The van der Waals surface area contributed by atoms with Gasteiger partial charge < -0.3 is 10.4 Å². The van der Waals surface area contributed by atoms with E-state index in [1.165, 1.54) is 43.1 Å². The standard InChI is InChI=1S/C14H19FN2O3/c1-4-9-14(2,12(18)19)16-13(20)17(3)11-7-5-10(15)6-8-11/h5-8H,4,9H2,1-3H3,(H,16,20)(H,18,19). The SMILES string of the molecule is CCCC(C)(NC(=O)N(C)c1ccc(F)cc1)C(=O)O. The number of hydrogen-bond donors (Lipinski definition) is 2. The van der Waals surface area contributed by atoms with E-state index in [1.807, 2.05) is 6.92 Å². The fraction of sp³-hybridized carbons (Fsp3) is 0.429. The largest absolute Gasteiger partial charge is 0.480 e. The molecule has 0 aliphatic carbocycles. The van der Waals surface area contributed by atoms with Gasteiger partial charge in [-0.15, -0.1) is 0 Å². The minimum atomic E-state index is -1.32. The monoisotopic (exact) mass is 282 g/mol. The van der Waals surface area contributed by atoms with Crippen LogP contribution in [0.1, 0.15) is 26.7 Å². The highest BCUT2D eigenvalue weighted by atomic mass is 19.1. The van der Waals surface area contributed by atoms with Gasteiger partial charge in [-0.25, -0.2) is 14.0 Å². The maximum absolute atomic E-state index is 12.8. The van der Waals surface area contributed by atoms with Crippen LogP contribution in [-0.2, 0) is 4.79 Å². The number of benzene rings is 1. The summed E-state index contributed by atoms with van der Waals surface area (Å²) < 4.78 is 12.8. The molecule has 1 aromatic rings. The fourth-order valence-corrected chi connectivity index (χ4v) is 1.82. The molecule has 5 nitrogen and oxygen atoms in total. The van der Waals surface area contributed by atoms with Crippen LogP contribution in [0.4, 0.5) is 14.9 Å². The van der Waals surface area contributed by atoms with Crippen LogP contribution in [0, 0.1) is 5.82 Å². The quantitative estimate of drug-likeness (QED) is 0.872. The average molecular weight is 282 g/mol. The van der Waals surface area contributed by atoms with Crippen LogP contribution >= 0.6 is 0 Å². The molecule has 1 aromatic carbocycles. The summed E-state index contributed by atoms with van der Waals surface area (Å²) in [5.41, 5.74) is -0.840. The average Bonchev–Trinajstić information content (AvgIpc) is 2.38. The van der Waals surface area contributed by atoms with Crippen molar-refractivity contribution in [1.29, 1.82) is 0 Å². The Balaban J connectivity index is 2.83. The summed E-state index contributed by atoms with van der Waals surface area (Å²) >= 11 is 0. The molecule has 0 aromatic heterocycles. The van der Waals surface area contributed by atoms with Crippen molar-refractivity contribution in [3.63, 3.8) is 0 Å². The molecule has 0 fully saturated rings. The maximum Gasteiger partial charge on any atom is 0.329 e. The van der Waals surface area contributed by atoms with E-state index in [0.717, 1.165) is 0 Å². The lowest BCUT2D eigenvalue weighted by Crippen LogP contribution is -2.55. The minimum Gasteiger partial charge on any atom is -0.480 e. The van der Waals surface area contributed by atoms with Crippen LogP contribution in [0.5, 0.6) is 0 Å². The molecule has 1 atom stereocenters. The molecule has 0 spiro atoms. The molecular weight excluding hydrogens is 263 g/mol. The summed E-state index contributed by atoms with van der Waals surface area (Å²) in [4.78, 5) is 24.6. The van der Waals surface area contributed by atoms with Gasteiger partial charge in [0, 0.05) is 12.7 Å². The molecule has 0 radical (unpaired) electrons. The first kappa shape index (κ1) is 15.9. The Bertz CT molecular complexity index is 490. The van der Waals surface area contributed by atoms with Gasteiger partial charge in [0.2, 0.25) is 0 Å². The van der Waals surface area contributed by atoms with Crippen molar-refractivity contribution in [1.82, 2.24) is 5.32 Å². The Kier molecular flexibility index (Phi) is 5.07. The highest BCUT2D eigenvalue weighted by molar-refractivity contribution is 5.95. The molecule has 0 aliphatic rings. The lowest BCUT2D eigenvalue weighted by molar-refractivity contribution is -0.144. The van der Waals surface area contributed by atoms with E-state index in [2.05, 4.69) is 5.32 Å². The lowest BCUT2D eigenvalue weighted by Gasteiger charge is -2.28. The van der Waals surface area contributed by atoms with E-state index in [0.29, 0.717) is 18.5 Å². The van der Waals surface area contributed by atoms with E-state index in [9.17, 15) is 19.1 Å². The first-order chi connectivity index (χ1) is 9.30. The molecule has 0 heterocycles. The fourth-order valence-electron chi connectivity index (χ4n) is 1.82. The predicted molar refractivity (Wildman–Crippen MR) is 74.3 cm³/mol. The first-order valence-corrected chi connectivity index (χ1v) is 6.35. The topological polar surface area (TPSA) is 69.6 Å². The van der Waals surface area contributed by atoms with Gasteiger partial charge >= 0.3 is 12.0 Å². The Morgan fingerprint density at radius 3 is 2.35 bits per heavy atom. The number of carboxylic acid groups (broad SMARTS) is 1. The maximum atomic E-state index is 12.8. The second-order valence-corrected chi connectivity index (χ2v) is 4.85. The molecule has 0 bridgehead atoms. The van der Waals surface area contributed by atoms with Crippen molar-refractivity contribution >= 4 is 17.7 Å². The van der Waals surface area contributed by atoms with Crippen LogP contribution in [0.3, 0.4) is 0 Å². The summed E-state index contributed by atoms with van der Waals surface area (Å²) in [6, 6.07) is 4.83. The smallest absolute Gasteiger partial charge is 0.329 e. The van der Waals surface area contributed by atoms with Crippen molar-refractivity contribution < 1.29 is 19.1 Å². The number of rotatable bonds is 5. The van der Waals surface area contributed by atoms with Crippen molar-refractivity contribution in [2.24, 2.45) is 0 Å². The van der Waals surface area contributed by atoms with E-state index in [-0.39, 0.29) is 0 Å². The molecule has 2 N–H and O–H groups in total. The minimum absolute atomic E-state index is 0.325. The number of halogens is 1. The Hall–Kier alpha value is -2.11. The number of amides is 2. The molecule has 2 amide bonds. The lowest BCUT2D eigenvalue weighted by atomic mass is 9.96. The van der Waals surface area contributed by atoms with Gasteiger partial charge in [0.15, 0.2) is 0 Å². The van der Waals surface area contributed by atoms with Gasteiger partial charge in [-0.2, -0.15) is 0 Å². The van der Waals surface area contributed by atoms with Gasteiger partial charge in [-0.3, -0.25) is 4.90 Å². The number of carbonyl (C=O) groups is 2. The molecule has 110 valence electrons. The molecule has 6 heteroatoms. The van der Waals surface area contributed by atoms with E-state index in [1.54, 1.807) is 0 Å². The molecule has 1 unspecified atom stereocenters. The number of carboxylic acids is 1. The number of anilines is 1. The van der Waals surface area contributed by atoms with Gasteiger partial charge in [0.25, 0.3) is 0 Å². The highest BCUT2D eigenvalue weighted by Crippen LogP contribution is 2.16. The Labute approximate surface area is 117 Å². The Morgan fingerprint density at radius 2 is 1.90 bits per heavy atom. The third-order valence-corrected chi connectivity index (χ3v) is 3.12. The van der Waals surface area contributed by atoms with Crippen molar-refractivity contribution in [2.45, 2.75) is 32.2 Å². The van der Waals surface area contributed by atoms with Crippen molar-refractivity contribution in [2.75, 3.05) is 11.9 Å². The number of nitrogens with one attached hydrogen (secondary N) is 1. The summed E-state index contributed by atoms with van der Waals surface area (Å²) in [6.45, 7) is 3.31. The second-order valence-electron chi connectivity index (χ2n) is 4.85. The van der Waals surface area contributed by atoms with Crippen LogP contribution in [0.25, 0.3) is 0 Å². The first-order valence-electron chi connectivity index (χ1n) is 6.35. The molecule has 0 aliphatic heterocycles. The van der Waals surface area contributed by atoms with Gasteiger partial charge in [0.1, 0.15) is 11.4 Å². The third-order valence-electron chi connectivity index (χ3n) is 3.12. The number of urea groups is 1. The van der Waals surface area contributed by atoms with Crippen LogP contribution in [-0.4, -0.2) is 29.7 Å². The molecule has 20 heavy (non-hydrogen) atoms. The van der Waals surface area contributed by atoms with E-state index < -0.39 is 23.4 Å². The number of nitrogens with zero attached hydrogens (tertiary/aromatic N) is 1. The van der Waals surface area contributed by atoms with E-state index >= 15 is 0 Å². The highest BCUT2D eigenvalue weighted by Gasteiger charge is 2.34. The van der Waals surface area contributed by atoms with Crippen molar-refractivity contribution in [3.05, 3.63) is 30.1 Å². The van der Waals surface area contributed by atoms with Crippen molar-refractivity contribution in [3.8, 4) is 0 Å². The van der Waals surface area contributed by atoms with E-state index in [4.69, 9.17) is 0 Å². The summed E-state index contributed by atoms with van der Waals surface area (Å²) in [6.07, 6.45) is 0.953. The third kappa shape index (κ3) is 3.69. The molecular formula is C14H19FN2O3. The normalized spacial score (nSPS) is 13.4. The zero-order chi connectivity index (χ0) is 15.3. The van der Waals surface area contributed by atoms with Gasteiger partial charge in [0.05, 0.1) is 0 Å². The Morgan fingerprint density at radius 1 is 1.35 bits per heavy atom. The van der Waals surface area contributed by atoms with Gasteiger partial charge in [-0.1, -0.05) is 13.3 Å². The number of carbonyl (C=O) groups excluding carboxylic acids is 1.